The standard InChI is InChI=1S/C13H10N8/c14-11-17-12(19-13(18-11)21-7-3-6-16-21)20-8-15-9-4-1-2-5-10(9)20/h1-8H,(H2,14,17,18,19). The van der Waals surface area contributed by atoms with Crippen LogP contribution < -0.4 is 5.73 Å². The highest BCUT2D eigenvalue weighted by Gasteiger charge is 2.11. The molecule has 0 aliphatic rings. The summed E-state index contributed by atoms with van der Waals surface area (Å²) in [5, 5.41) is 4.10. The quantitative estimate of drug-likeness (QED) is 0.586. The summed E-state index contributed by atoms with van der Waals surface area (Å²) >= 11 is 0. The molecule has 8 heteroatoms. The van der Waals surface area contributed by atoms with E-state index in [0.717, 1.165) is 11.0 Å². The summed E-state index contributed by atoms with van der Waals surface area (Å²) in [4.78, 5) is 17.0. The molecule has 1 aromatic carbocycles. The minimum atomic E-state index is 0.128. The zero-order valence-corrected chi connectivity index (χ0v) is 10.8. The number of fused-ring (bicyclic) bond motifs is 1. The Balaban J connectivity index is 1.93. The first-order valence-corrected chi connectivity index (χ1v) is 6.25. The van der Waals surface area contributed by atoms with Crippen molar-refractivity contribution < 1.29 is 0 Å². The normalized spacial score (nSPS) is 11.0. The first-order valence-electron chi connectivity index (χ1n) is 6.25. The Morgan fingerprint density at radius 1 is 0.952 bits per heavy atom. The van der Waals surface area contributed by atoms with Gasteiger partial charge in [0.25, 0.3) is 5.95 Å². The van der Waals surface area contributed by atoms with Crippen molar-refractivity contribution in [2.75, 3.05) is 5.73 Å². The molecule has 0 aliphatic heterocycles. The lowest BCUT2D eigenvalue weighted by molar-refractivity contribution is 0.782. The van der Waals surface area contributed by atoms with Crippen LogP contribution in [0.2, 0.25) is 0 Å². The molecule has 0 bridgehead atoms. The van der Waals surface area contributed by atoms with Gasteiger partial charge in [0, 0.05) is 12.4 Å². The van der Waals surface area contributed by atoms with Crippen LogP contribution in [-0.4, -0.2) is 34.3 Å². The molecular formula is C13H10N8. The highest BCUT2D eigenvalue weighted by molar-refractivity contribution is 5.76. The summed E-state index contributed by atoms with van der Waals surface area (Å²) in [6.45, 7) is 0. The Kier molecular flexibility index (Phi) is 2.40. The van der Waals surface area contributed by atoms with Gasteiger partial charge in [0.15, 0.2) is 0 Å². The fourth-order valence-electron chi connectivity index (χ4n) is 2.09. The molecular weight excluding hydrogens is 268 g/mol. The topological polar surface area (TPSA) is 100 Å². The summed E-state index contributed by atoms with van der Waals surface area (Å²) in [6, 6.07) is 9.50. The van der Waals surface area contributed by atoms with Crippen molar-refractivity contribution in [3.8, 4) is 11.9 Å². The van der Waals surface area contributed by atoms with Gasteiger partial charge in [0.1, 0.15) is 6.33 Å². The summed E-state index contributed by atoms with van der Waals surface area (Å²) in [5.74, 6) is 0.894. The predicted octanol–water partition coefficient (Wildman–Crippen LogP) is 0.978. The van der Waals surface area contributed by atoms with E-state index in [1.807, 2.05) is 24.3 Å². The van der Waals surface area contributed by atoms with Gasteiger partial charge in [-0.3, -0.25) is 4.57 Å². The van der Waals surface area contributed by atoms with Gasteiger partial charge in [-0.05, 0) is 18.2 Å². The van der Waals surface area contributed by atoms with Gasteiger partial charge in [-0.2, -0.15) is 20.1 Å². The lowest BCUT2D eigenvalue weighted by atomic mass is 10.3. The Morgan fingerprint density at radius 2 is 1.81 bits per heavy atom. The third-order valence-electron chi connectivity index (χ3n) is 3.01. The summed E-state index contributed by atoms with van der Waals surface area (Å²) in [5.41, 5.74) is 7.53. The van der Waals surface area contributed by atoms with Crippen LogP contribution in [0.15, 0.2) is 49.1 Å². The molecule has 21 heavy (non-hydrogen) atoms. The molecule has 0 spiro atoms. The maximum absolute atomic E-state index is 5.78. The number of aromatic nitrogens is 7. The fraction of sp³-hybridized carbons (Fsp3) is 0. The maximum Gasteiger partial charge on any atom is 0.257 e. The second-order valence-corrected chi connectivity index (χ2v) is 4.35. The van der Waals surface area contributed by atoms with Crippen LogP contribution in [0.5, 0.6) is 0 Å². The molecule has 4 rings (SSSR count). The Morgan fingerprint density at radius 3 is 2.67 bits per heavy atom. The van der Waals surface area contributed by atoms with Crippen molar-refractivity contribution in [3.05, 3.63) is 49.1 Å². The van der Waals surface area contributed by atoms with E-state index in [1.54, 1.807) is 29.4 Å². The smallest absolute Gasteiger partial charge is 0.257 e. The molecule has 0 atom stereocenters. The molecule has 0 saturated heterocycles. The number of hydrogen-bond acceptors (Lipinski definition) is 6. The molecule has 0 saturated carbocycles. The first kappa shape index (κ1) is 11.5. The summed E-state index contributed by atoms with van der Waals surface area (Å²) in [6.07, 6.45) is 5.04. The molecule has 0 amide bonds. The predicted molar refractivity (Wildman–Crippen MR) is 76.0 cm³/mol. The third-order valence-corrected chi connectivity index (χ3v) is 3.01. The minimum absolute atomic E-state index is 0.128. The molecule has 0 fully saturated rings. The number of nitrogens with two attached hydrogens (primary N) is 1. The monoisotopic (exact) mass is 278 g/mol. The second-order valence-electron chi connectivity index (χ2n) is 4.35. The number of imidazole rings is 1. The van der Waals surface area contributed by atoms with Gasteiger partial charge in [0.05, 0.1) is 11.0 Å². The molecule has 3 aromatic heterocycles. The highest BCUT2D eigenvalue weighted by Crippen LogP contribution is 2.16. The van der Waals surface area contributed by atoms with Crippen molar-refractivity contribution in [1.29, 1.82) is 0 Å². The maximum atomic E-state index is 5.78. The van der Waals surface area contributed by atoms with E-state index in [2.05, 4.69) is 25.0 Å². The highest BCUT2D eigenvalue weighted by atomic mass is 15.4. The van der Waals surface area contributed by atoms with Gasteiger partial charge in [-0.15, -0.1) is 0 Å². The number of nitrogen functional groups attached to an aromatic ring is 1. The van der Waals surface area contributed by atoms with Crippen molar-refractivity contribution in [2.45, 2.75) is 0 Å². The molecule has 0 radical (unpaired) electrons. The number of anilines is 1. The zero-order chi connectivity index (χ0) is 14.2. The van der Waals surface area contributed by atoms with Gasteiger partial charge in [0.2, 0.25) is 11.9 Å². The van der Waals surface area contributed by atoms with Crippen molar-refractivity contribution >= 4 is 17.0 Å². The van der Waals surface area contributed by atoms with Crippen LogP contribution in [0.25, 0.3) is 22.9 Å². The molecule has 4 aromatic rings. The molecule has 8 nitrogen and oxygen atoms in total. The Hall–Kier alpha value is -3.29. The molecule has 3 heterocycles. The number of para-hydroxylation sites is 2. The lowest BCUT2D eigenvalue weighted by Gasteiger charge is -2.05. The molecule has 102 valence electrons. The van der Waals surface area contributed by atoms with Crippen molar-refractivity contribution in [1.82, 2.24) is 34.3 Å². The van der Waals surface area contributed by atoms with Crippen LogP contribution in [0.4, 0.5) is 5.95 Å². The average Bonchev–Trinajstić information content (AvgIpc) is 3.16. The van der Waals surface area contributed by atoms with Crippen LogP contribution in [-0.2, 0) is 0 Å². The largest absolute Gasteiger partial charge is 0.368 e. The van der Waals surface area contributed by atoms with E-state index in [0.29, 0.717) is 11.9 Å². The van der Waals surface area contributed by atoms with Crippen LogP contribution in [0.1, 0.15) is 0 Å². The van der Waals surface area contributed by atoms with Gasteiger partial charge in [-0.1, -0.05) is 12.1 Å². The van der Waals surface area contributed by atoms with Crippen LogP contribution in [0.3, 0.4) is 0 Å². The summed E-state index contributed by atoms with van der Waals surface area (Å²) < 4.78 is 3.29. The van der Waals surface area contributed by atoms with Gasteiger partial charge in [-0.25, -0.2) is 9.67 Å². The van der Waals surface area contributed by atoms with Crippen LogP contribution in [0, 0.1) is 0 Å². The van der Waals surface area contributed by atoms with E-state index in [9.17, 15) is 0 Å². The van der Waals surface area contributed by atoms with E-state index in [1.165, 1.54) is 4.68 Å². The Labute approximate surface area is 118 Å². The molecule has 2 N–H and O–H groups in total. The number of nitrogens with zero attached hydrogens (tertiary/aromatic N) is 7. The van der Waals surface area contributed by atoms with E-state index in [4.69, 9.17) is 5.73 Å². The lowest BCUT2D eigenvalue weighted by Crippen LogP contribution is -2.11. The number of rotatable bonds is 2. The third kappa shape index (κ3) is 1.89. The SMILES string of the molecule is Nc1nc(-n2cccn2)nc(-n2cnc3ccccc32)n1. The fourth-order valence-corrected chi connectivity index (χ4v) is 2.09. The first-order chi connectivity index (χ1) is 10.3. The average molecular weight is 278 g/mol. The zero-order valence-electron chi connectivity index (χ0n) is 10.8. The van der Waals surface area contributed by atoms with Gasteiger partial charge < -0.3 is 5.73 Å². The second kappa shape index (κ2) is 4.37. The van der Waals surface area contributed by atoms with Crippen LogP contribution >= 0.6 is 0 Å². The Bertz CT molecular complexity index is 909. The number of hydrogen-bond donors (Lipinski definition) is 1. The molecule has 0 unspecified atom stereocenters. The van der Waals surface area contributed by atoms with E-state index < -0.39 is 0 Å². The summed E-state index contributed by atoms with van der Waals surface area (Å²) in [7, 11) is 0. The van der Waals surface area contributed by atoms with Crippen molar-refractivity contribution in [3.63, 3.8) is 0 Å². The number of benzene rings is 1. The molecule has 0 aliphatic carbocycles. The van der Waals surface area contributed by atoms with E-state index >= 15 is 0 Å². The minimum Gasteiger partial charge on any atom is -0.368 e. The van der Waals surface area contributed by atoms with E-state index in [-0.39, 0.29) is 5.95 Å². The van der Waals surface area contributed by atoms with Crippen molar-refractivity contribution in [2.24, 2.45) is 0 Å². The van der Waals surface area contributed by atoms with Gasteiger partial charge >= 0.3 is 0 Å².